The Morgan fingerprint density at radius 2 is 2.06 bits per heavy atom. The number of carbonyl (C=O) groups is 1. The van der Waals surface area contributed by atoms with Crippen LogP contribution >= 0.6 is 0 Å². The van der Waals surface area contributed by atoms with Gasteiger partial charge < -0.3 is 25.0 Å². The van der Waals surface area contributed by atoms with Gasteiger partial charge in [-0.15, -0.1) is 0 Å². The summed E-state index contributed by atoms with van der Waals surface area (Å²) in [5.41, 5.74) is 2.44. The summed E-state index contributed by atoms with van der Waals surface area (Å²) in [6.45, 7) is 1.74. The molecule has 162 valence electrons. The van der Waals surface area contributed by atoms with Gasteiger partial charge in [0.05, 0.1) is 12.8 Å². The van der Waals surface area contributed by atoms with E-state index in [1.807, 2.05) is 30.3 Å². The summed E-state index contributed by atoms with van der Waals surface area (Å²) in [5.74, 6) is 2.15. The van der Waals surface area contributed by atoms with Gasteiger partial charge in [-0.3, -0.25) is 4.79 Å². The number of carbonyl (C=O) groups excluding carboxylic acids is 1. The maximum atomic E-state index is 12.6. The van der Waals surface area contributed by atoms with E-state index >= 15 is 0 Å². The molecule has 1 fully saturated rings. The molecule has 7 nitrogen and oxygen atoms in total. The molecule has 2 atom stereocenters. The van der Waals surface area contributed by atoms with E-state index in [2.05, 4.69) is 15.8 Å². The Morgan fingerprint density at radius 1 is 1.23 bits per heavy atom. The van der Waals surface area contributed by atoms with Crippen LogP contribution in [0.15, 0.2) is 59.1 Å². The van der Waals surface area contributed by atoms with Gasteiger partial charge in [-0.05, 0) is 74.2 Å². The third-order valence-electron chi connectivity index (χ3n) is 5.75. The zero-order valence-electron chi connectivity index (χ0n) is 17.5. The minimum absolute atomic E-state index is 0.0402. The van der Waals surface area contributed by atoms with Crippen molar-refractivity contribution in [3.8, 4) is 22.8 Å². The number of benzene rings is 2. The molecule has 0 bridgehead atoms. The van der Waals surface area contributed by atoms with Crippen molar-refractivity contribution in [3.63, 3.8) is 0 Å². The highest BCUT2D eigenvalue weighted by molar-refractivity contribution is 5.91. The van der Waals surface area contributed by atoms with Crippen molar-refractivity contribution in [1.29, 1.82) is 0 Å². The Hall–Kier alpha value is -3.32. The highest BCUT2D eigenvalue weighted by Crippen LogP contribution is 2.29. The number of rotatable bonds is 7. The van der Waals surface area contributed by atoms with Crippen LogP contribution in [0.2, 0.25) is 0 Å². The Balaban J connectivity index is 1.38. The summed E-state index contributed by atoms with van der Waals surface area (Å²) >= 11 is 0. The molecule has 1 saturated heterocycles. The second-order valence-corrected chi connectivity index (χ2v) is 7.93. The number of piperidine rings is 1. The van der Waals surface area contributed by atoms with Crippen LogP contribution in [0.5, 0.6) is 11.5 Å². The fraction of sp³-hybridized carbons (Fsp3) is 0.333. The zero-order chi connectivity index (χ0) is 21.6. The lowest BCUT2D eigenvalue weighted by Crippen LogP contribution is -2.39. The molecule has 0 aliphatic carbocycles. The lowest BCUT2D eigenvalue weighted by Gasteiger charge is -2.31. The van der Waals surface area contributed by atoms with Gasteiger partial charge >= 0.3 is 0 Å². The topological polar surface area (TPSA) is 96.6 Å². The summed E-state index contributed by atoms with van der Waals surface area (Å²) < 4.78 is 10.8. The van der Waals surface area contributed by atoms with E-state index in [-0.39, 0.29) is 23.5 Å². The van der Waals surface area contributed by atoms with Crippen molar-refractivity contribution in [2.45, 2.75) is 19.3 Å². The lowest BCUT2D eigenvalue weighted by molar-refractivity contribution is -0.117. The molecule has 1 aromatic heterocycles. The van der Waals surface area contributed by atoms with Gasteiger partial charge in [-0.1, -0.05) is 11.2 Å². The van der Waals surface area contributed by atoms with Crippen molar-refractivity contribution in [2.24, 2.45) is 11.8 Å². The fourth-order valence-corrected chi connectivity index (χ4v) is 4.09. The van der Waals surface area contributed by atoms with E-state index in [0.717, 1.165) is 48.7 Å². The summed E-state index contributed by atoms with van der Waals surface area (Å²) in [7, 11) is 1.64. The first-order valence-electron chi connectivity index (χ1n) is 10.5. The highest BCUT2D eigenvalue weighted by atomic mass is 16.5. The number of ether oxygens (including phenoxy) is 1. The third kappa shape index (κ3) is 5.44. The summed E-state index contributed by atoms with van der Waals surface area (Å²) in [6, 6.07) is 16.3. The van der Waals surface area contributed by atoms with Crippen molar-refractivity contribution < 1.29 is 19.2 Å². The first-order valence-corrected chi connectivity index (χ1v) is 10.5. The number of hydrogen-bond donors (Lipinski definition) is 3. The summed E-state index contributed by atoms with van der Waals surface area (Å²) in [6.07, 6.45) is 2.11. The zero-order valence-corrected chi connectivity index (χ0v) is 17.5. The van der Waals surface area contributed by atoms with Crippen molar-refractivity contribution >= 4 is 11.6 Å². The number of nitrogens with zero attached hydrogens (tertiary/aromatic N) is 1. The van der Waals surface area contributed by atoms with Crippen LogP contribution in [-0.4, -0.2) is 36.4 Å². The van der Waals surface area contributed by atoms with Gasteiger partial charge in [0.2, 0.25) is 5.91 Å². The number of aromatic hydroxyl groups is 1. The van der Waals surface area contributed by atoms with E-state index in [0.29, 0.717) is 12.1 Å². The molecule has 2 heterocycles. The second-order valence-electron chi connectivity index (χ2n) is 7.93. The van der Waals surface area contributed by atoms with Crippen LogP contribution in [0, 0.1) is 11.8 Å². The molecule has 3 aromatic rings. The van der Waals surface area contributed by atoms with Gasteiger partial charge in [-0.2, -0.15) is 0 Å². The van der Waals surface area contributed by atoms with Crippen LogP contribution in [-0.2, 0) is 11.2 Å². The van der Waals surface area contributed by atoms with E-state index < -0.39 is 0 Å². The lowest BCUT2D eigenvalue weighted by atomic mass is 9.81. The van der Waals surface area contributed by atoms with Gasteiger partial charge in [0.25, 0.3) is 0 Å². The maximum Gasteiger partial charge on any atom is 0.224 e. The van der Waals surface area contributed by atoms with Crippen LogP contribution in [0.4, 0.5) is 5.69 Å². The molecule has 4 rings (SSSR count). The van der Waals surface area contributed by atoms with Gasteiger partial charge in [0.15, 0.2) is 5.76 Å². The number of phenolic OH excluding ortho intramolecular Hbond substituents is 1. The van der Waals surface area contributed by atoms with Gasteiger partial charge in [-0.25, -0.2) is 0 Å². The maximum absolute atomic E-state index is 12.6. The SMILES string of the molecule is COc1ccc(-c2cc(C[C@@H]3CNCC[C@H]3CC(=O)Nc3cccc(O)c3)no2)cc1. The Labute approximate surface area is 181 Å². The summed E-state index contributed by atoms with van der Waals surface area (Å²) in [4.78, 5) is 12.6. The smallest absolute Gasteiger partial charge is 0.224 e. The number of aromatic nitrogens is 1. The van der Waals surface area contributed by atoms with Crippen molar-refractivity contribution in [3.05, 3.63) is 60.3 Å². The number of anilines is 1. The standard InChI is InChI=1S/C24H27N3O4/c1-30-22-7-5-16(6-8-22)23-14-20(27-31-23)11-18-15-25-10-9-17(18)12-24(29)26-19-3-2-4-21(28)13-19/h2-8,13-14,17-18,25,28H,9-12,15H2,1H3,(H,26,29)/t17-,18+/m0/s1. The molecule has 1 aliphatic rings. The Kier molecular flexibility index (Phi) is 6.52. The average molecular weight is 421 g/mol. The minimum Gasteiger partial charge on any atom is -0.508 e. The number of methoxy groups -OCH3 is 1. The largest absolute Gasteiger partial charge is 0.508 e. The predicted octanol–water partition coefficient (Wildman–Crippen LogP) is 3.85. The van der Waals surface area contributed by atoms with Crippen molar-refractivity contribution in [1.82, 2.24) is 10.5 Å². The number of nitrogens with one attached hydrogen (secondary N) is 2. The Morgan fingerprint density at radius 3 is 2.84 bits per heavy atom. The van der Waals surface area contributed by atoms with E-state index in [4.69, 9.17) is 9.26 Å². The number of amides is 1. The minimum atomic E-state index is -0.0402. The molecular weight excluding hydrogens is 394 g/mol. The Bertz CT molecular complexity index is 1020. The molecule has 1 amide bonds. The predicted molar refractivity (Wildman–Crippen MR) is 118 cm³/mol. The van der Waals surface area contributed by atoms with Gasteiger partial charge in [0.1, 0.15) is 11.5 Å². The van der Waals surface area contributed by atoms with Crippen LogP contribution in [0.1, 0.15) is 18.5 Å². The molecular formula is C24H27N3O4. The number of phenols is 1. The number of hydrogen-bond acceptors (Lipinski definition) is 6. The second kappa shape index (κ2) is 9.66. The quantitative estimate of drug-likeness (QED) is 0.536. The van der Waals surface area contributed by atoms with Crippen molar-refractivity contribution in [2.75, 3.05) is 25.5 Å². The summed E-state index contributed by atoms with van der Waals surface area (Å²) in [5, 5.41) is 20.2. The highest BCUT2D eigenvalue weighted by Gasteiger charge is 2.28. The molecule has 3 N–H and O–H groups in total. The molecule has 0 unspecified atom stereocenters. The molecule has 2 aromatic carbocycles. The average Bonchev–Trinajstić information content (AvgIpc) is 3.24. The van der Waals surface area contributed by atoms with Gasteiger partial charge in [0, 0.05) is 29.8 Å². The molecule has 0 spiro atoms. The monoisotopic (exact) mass is 421 g/mol. The van der Waals surface area contributed by atoms with E-state index in [9.17, 15) is 9.90 Å². The molecule has 0 saturated carbocycles. The van der Waals surface area contributed by atoms with E-state index in [1.165, 1.54) is 0 Å². The molecule has 1 aliphatic heterocycles. The normalized spacial score (nSPS) is 18.5. The molecule has 0 radical (unpaired) electrons. The van der Waals surface area contributed by atoms with Crippen LogP contribution in [0.25, 0.3) is 11.3 Å². The molecule has 31 heavy (non-hydrogen) atoms. The first-order chi connectivity index (χ1) is 15.1. The fourth-order valence-electron chi connectivity index (χ4n) is 4.09. The molecule has 7 heteroatoms. The first kappa shape index (κ1) is 20.9. The third-order valence-corrected chi connectivity index (χ3v) is 5.75. The van der Waals surface area contributed by atoms with Crippen LogP contribution in [0.3, 0.4) is 0 Å². The van der Waals surface area contributed by atoms with Crippen LogP contribution < -0.4 is 15.4 Å². The van der Waals surface area contributed by atoms with E-state index in [1.54, 1.807) is 31.4 Å².